The molecule has 0 fully saturated rings. The lowest BCUT2D eigenvalue weighted by atomic mass is 10.1. The van der Waals surface area contributed by atoms with E-state index in [0.717, 1.165) is 24.3 Å². The van der Waals surface area contributed by atoms with Gasteiger partial charge in [-0.05, 0) is 35.7 Å². The molecule has 2 nitrogen and oxygen atoms in total. The fourth-order valence-electron chi connectivity index (χ4n) is 1.82. The van der Waals surface area contributed by atoms with Crippen LogP contribution in [0.4, 0.5) is 0 Å². The molecule has 0 unspecified atom stereocenters. The molecule has 0 N–H and O–H groups in total. The van der Waals surface area contributed by atoms with Crippen LogP contribution in [0.2, 0.25) is 0 Å². The Bertz CT molecular complexity index is 450. The van der Waals surface area contributed by atoms with Crippen LogP contribution in [0.1, 0.15) is 26.2 Å². The number of ether oxygens (including phenoxy) is 1. The molecule has 0 amide bonds. The van der Waals surface area contributed by atoms with E-state index in [-0.39, 0.29) is 0 Å². The van der Waals surface area contributed by atoms with E-state index >= 15 is 0 Å². The summed E-state index contributed by atoms with van der Waals surface area (Å²) in [4.78, 5) is 4.12. The van der Waals surface area contributed by atoms with Crippen LogP contribution < -0.4 is 4.74 Å². The summed E-state index contributed by atoms with van der Waals surface area (Å²) in [5.41, 5.74) is 2.30. The molecule has 1 aromatic heterocycles. The zero-order chi connectivity index (χ0) is 12.6. The molecule has 0 aliphatic carbocycles. The molecular formula is C16H19NO. The summed E-state index contributed by atoms with van der Waals surface area (Å²) in [5, 5.41) is 0. The Morgan fingerprint density at radius 2 is 1.83 bits per heavy atom. The molecule has 0 saturated carbocycles. The van der Waals surface area contributed by atoms with Crippen LogP contribution in [-0.2, 0) is 0 Å². The molecule has 0 saturated heterocycles. The maximum Gasteiger partial charge on any atom is 0.119 e. The molecule has 2 aromatic rings. The van der Waals surface area contributed by atoms with Crippen molar-refractivity contribution in [3.63, 3.8) is 0 Å². The van der Waals surface area contributed by atoms with Gasteiger partial charge in [-0.15, -0.1) is 0 Å². The minimum absolute atomic E-state index is 0.806. The van der Waals surface area contributed by atoms with Crippen molar-refractivity contribution in [1.29, 1.82) is 0 Å². The third kappa shape index (κ3) is 3.59. The van der Waals surface area contributed by atoms with Gasteiger partial charge in [0.05, 0.1) is 6.61 Å². The number of aromatic nitrogens is 1. The Kier molecular flexibility index (Phi) is 4.77. The Labute approximate surface area is 109 Å². The van der Waals surface area contributed by atoms with Crippen LogP contribution in [0.3, 0.4) is 0 Å². The number of hydrogen-bond acceptors (Lipinski definition) is 2. The summed E-state index contributed by atoms with van der Waals surface area (Å²) in [6.07, 6.45) is 7.24. The summed E-state index contributed by atoms with van der Waals surface area (Å²) >= 11 is 0. The summed E-state index contributed by atoms with van der Waals surface area (Å²) in [5.74, 6) is 0.943. The van der Waals surface area contributed by atoms with E-state index in [1.807, 2.05) is 24.4 Å². The highest BCUT2D eigenvalue weighted by atomic mass is 16.5. The molecule has 1 heterocycles. The number of pyridine rings is 1. The van der Waals surface area contributed by atoms with E-state index in [2.05, 4.69) is 30.1 Å². The molecule has 0 radical (unpaired) electrons. The normalized spacial score (nSPS) is 10.3. The number of unbranched alkanes of at least 4 members (excludes halogenated alkanes) is 2. The largest absolute Gasteiger partial charge is 0.494 e. The van der Waals surface area contributed by atoms with Gasteiger partial charge >= 0.3 is 0 Å². The van der Waals surface area contributed by atoms with E-state index < -0.39 is 0 Å². The lowest BCUT2D eigenvalue weighted by Gasteiger charge is -2.06. The predicted octanol–water partition coefficient (Wildman–Crippen LogP) is 4.32. The lowest BCUT2D eigenvalue weighted by molar-refractivity contribution is 0.306. The van der Waals surface area contributed by atoms with E-state index in [9.17, 15) is 0 Å². The minimum atomic E-state index is 0.806. The molecule has 0 bridgehead atoms. The molecular weight excluding hydrogens is 222 g/mol. The summed E-state index contributed by atoms with van der Waals surface area (Å²) in [6.45, 7) is 3.00. The average Bonchev–Trinajstić information content (AvgIpc) is 2.45. The van der Waals surface area contributed by atoms with Gasteiger partial charge in [0.15, 0.2) is 0 Å². The molecule has 2 rings (SSSR count). The monoisotopic (exact) mass is 241 g/mol. The minimum Gasteiger partial charge on any atom is -0.494 e. The summed E-state index contributed by atoms with van der Waals surface area (Å²) in [6, 6.07) is 12.2. The molecule has 0 aliphatic rings. The van der Waals surface area contributed by atoms with Gasteiger partial charge in [-0.1, -0.05) is 38.0 Å². The zero-order valence-corrected chi connectivity index (χ0v) is 10.8. The number of benzene rings is 1. The van der Waals surface area contributed by atoms with Gasteiger partial charge < -0.3 is 4.74 Å². The number of nitrogens with zero attached hydrogens (tertiary/aromatic N) is 1. The lowest BCUT2D eigenvalue weighted by Crippen LogP contribution is -1.96. The SMILES string of the molecule is CCCCCOc1ccc(-c2cccnc2)cc1. The van der Waals surface area contributed by atoms with E-state index in [0.29, 0.717) is 0 Å². The van der Waals surface area contributed by atoms with Crippen molar-refractivity contribution in [3.8, 4) is 16.9 Å². The van der Waals surface area contributed by atoms with Crippen molar-refractivity contribution in [3.05, 3.63) is 48.8 Å². The van der Waals surface area contributed by atoms with Gasteiger partial charge in [-0.2, -0.15) is 0 Å². The molecule has 2 heteroatoms. The van der Waals surface area contributed by atoms with Gasteiger partial charge in [0.2, 0.25) is 0 Å². The van der Waals surface area contributed by atoms with Crippen LogP contribution in [0.25, 0.3) is 11.1 Å². The second kappa shape index (κ2) is 6.80. The molecule has 1 aromatic carbocycles. The van der Waals surface area contributed by atoms with Gasteiger partial charge in [0, 0.05) is 12.4 Å². The van der Waals surface area contributed by atoms with E-state index in [4.69, 9.17) is 4.74 Å². The van der Waals surface area contributed by atoms with Crippen molar-refractivity contribution in [2.24, 2.45) is 0 Å². The van der Waals surface area contributed by atoms with Gasteiger partial charge in [-0.25, -0.2) is 0 Å². The Balaban J connectivity index is 1.94. The zero-order valence-electron chi connectivity index (χ0n) is 10.8. The topological polar surface area (TPSA) is 22.1 Å². The fraction of sp³-hybridized carbons (Fsp3) is 0.312. The molecule has 0 spiro atoms. The van der Waals surface area contributed by atoms with E-state index in [1.165, 1.54) is 18.4 Å². The standard InChI is InChI=1S/C16H19NO/c1-2-3-4-12-18-16-9-7-14(8-10-16)15-6-5-11-17-13-15/h5-11,13H,2-4,12H2,1H3. The summed E-state index contributed by atoms with van der Waals surface area (Å²) < 4.78 is 5.68. The van der Waals surface area contributed by atoms with E-state index in [1.54, 1.807) is 6.20 Å². The van der Waals surface area contributed by atoms with Crippen LogP contribution in [-0.4, -0.2) is 11.6 Å². The van der Waals surface area contributed by atoms with Crippen LogP contribution in [0, 0.1) is 0 Å². The predicted molar refractivity (Wildman–Crippen MR) is 74.7 cm³/mol. The molecule has 0 atom stereocenters. The first-order valence-corrected chi connectivity index (χ1v) is 6.53. The maximum absolute atomic E-state index is 5.68. The van der Waals surface area contributed by atoms with Crippen LogP contribution in [0.5, 0.6) is 5.75 Å². The average molecular weight is 241 g/mol. The fourth-order valence-corrected chi connectivity index (χ4v) is 1.82. The first kappa shape index (κ1) is 12.6. The first-order valence-electron chi connectivity index (χ1n) is 6.53. The Morgan fingerprint density at radius 3 is 2.50 bits per heavy atom. The van der Waals surface area contributed by atoms with Gasteiger partial charge in [0.1, 0.15) is 5.75 Å². The Morgan fingerprint density at radius 1 is 1.00 bits per heavy atom. The van der Waals surface area contributed by atoms with Crippen molar-refractivity contribution in [2.45, 2.75) is 26.2 Å². The van der Waals surface area contributed by atoms with Crippen molar-refractivity contribution < 1.29 is 4.74 Å². The van der Waals surface area contributed by atoms with Crippen molar-refractivity contribution >= 4 is 0 Å². The molecule has 0 aliphatic heterocycles. The quantitative estimate of drug-likeness (QED) is 0.703. The highest BCUT2D eigenvalue weighted by molar-refractivity contribution is 5.62. The third-order valence-corrected chi connectivity index (χ3v) is 2.87. The van der Waals surface area contributed by atoms with Gasteiger partial charge in [-0.3, -0.25) is 4.98 Å². The first-order chi connectivity index (χ1) is 8.90. The highest BCUT2D eigenvalue weighted by Gasteiger charge is 1.98. The summed E-state index contributed by atoms with van der Waals surface area (Å²) in [7, 11) is 0. The molecule has 18 heavy (non-hydrogen) atoms. The third-order valence-electron chi connectivity index (χ3n) is 2.87. The second-order valence-electron chi connectivity index (χ2n) is 4.32. The maximum atomic E-state index is 5.68. The molecule has 94 valence electrons. The smallest absolute Gasteiger partial charge is 0.119 e. The second-order valence-corrected chi connectivity index (χ2v) is 4.32. The Hall–Kier alpha value is -1.83. The van der Waals surface area contributed by atoms with Crippen molar-refractivity contribution in [1.82, 2.24) is 4.98 Å². The van der Waals surface area contributed by atoms with Gasteiger partial charge in [0.25, 0.3) is 0 Å². The number of rotatable bonds is 6. The van der Waals surface area contributed by atoms with Crippen LogP contribution >= 0.6 is 0 Å². The van der Waals surface area contributed by atoms with Crippen molar-refractivity contribution in [2.75, 3.05) is 6.61 Å². The number of hydrogen-bond donors (Lipinski definition) is 0. The van der Waals surface area contributed by atoms with Crippen LogP contribution in [0.15, 0.2) is 48.8 Å². The highest BCUT2D eigenvalue weighted by Crippen LogP contribution is 2.21.